The summed E-state index contributed by atoms with van der Waals surface area (Å²) in [4.78, 5) is 4.22. The van der Waals surface area contributed by atoms with Gasteiger partial charge < -0.3 is 9.63 Å². The highest BCUT2D eigenvalue weighted by atomic mass is 31.0. The van der Waals surface area contributed by atoms with Crippen LogP contribution in [0.1, 0.15) is 5.56 Å². The van der Waals surface area contributed by atoms with Gasteiger partial charge in [-0.25, -0.2) is 0 Å². The Morgan fingerprint density at radius 1 is 1.06 bits per heavy atom. The molecule has 17 heavy (non-hydrogen) atoms. The predicted octanol–water partition coefficient (Wildman–Crippen LogP) is 3.31. The summed E-state index contributed by atoms with van der Waals surface area (Å²) in [6.45, 7) is 0. The van der Waals surface area contributed by atoms with E-state index in [9.17, 15) is 5.11 Å². The molecule has 1 atom stereocenters. The Labute approximate surface area is 102 Å². The van der Waals surface area contributed by atoms with Gasteiger partial charge in [0.15, 0.2) is 0 Å². The van der Waals surface area contributed by atoms with Crippen molar-refractivity contribution in [2.75, 3.05) is 0 Å². The van der Waals surface area contributed by atoms with Crippen LogP contribution in [0.15, 0.2) is 53.5 Å². The number of phenols is 1. The molecule has 1 N–H and O–H groups in total. The molecule has 0 saturated heterocycles. The van der Waals surface area contributed by atoms with E-state index in [-0.39, 0.29) is 5.75 Å². The monoisotopic (exact) mass is 245 g/mol. The zero-order chi connectivity index (χ0) is 12.1. The number of nitrogens with zero attached hydrogens (tertiary/aromatic N) is 1. The van der Waals surface area contributed by atoms with Gasteiger partial charge in [0.2, 0.25) is 0 Å². The third kappa shape index (κ3) is 2.83. The van der Waals surface area contributed by atoms with Crippen molar-refractivity contribution in [2.45, 2.75) is 0 Å². The van der Waals surface area contributed by atoms with Gasteiger partial charge in [0.05, 0.1) is 9.47 Å². The lowest BCUT2D eigenvalue weighted by Gasteiger charge is -2.02. The minimum absolute atomic E-state index is 0.160. The number of benzene rings is 2. The van der Waals surface area contributed by atoms with Crippen molar-refractivity contribution in [1.82, 2.24) is 0 Å². The number of aromatic hydroxyl groups is 1. The summed E-state index contributed by atoms with van der Waals surface area (Å²) in [5, 5.41) is 9.57. The van der Waals surface area contributed by atoms with E-state index in [2.05, 4.69) is 14.5 Å². The maximum atomic E-state index is 9.57. The third-order valence-corrected chi connectivity index (χ3v) is 2.52. The van der Waals surface area contributed by atoms with Crippen LogP contribution in [0, 0.1) is 0 Å². The normalized spacial score (nSPS) is 10.6. The van der Waals surface area contributed by atoms with E-state index < -0.39 is 0 Å². The Kier molecular flexibility index (Phi) is 3.73. The Hall–Kier alpha value is -1.86. The van der Waals surface area contributed by atoms with Gasteiger partial charge in [-0.3, -0.25) is 4.99 Å². The zero-order valence-electron chi connectivity index (χ0n) is 9.08. The van der Waals surface area contributed by atoms with Gasteiger partial charge >= 0.3 is 0 Å². The van der Waals surface area contributed by atoms with E-state index in [4.69, 9.17) is 4.52 Å². The molecule has 1 unspecified atom stereocenters. The molecule has 0 saturated carbocycles. The molecule has 2 aromatic carbocycles. The highest BCUT2D eigenvalue weighted by molar-refractivity contribution is 7.10. The number of rotatable bonds is 3. The van der Waals surface area contributed by atoms with Crippen molar-refractivity contribution in [1.29, 1.82) is 0 Å². The van der Waals surface area contributed by atoms with Gasteiger partial charge in [-0.15, -0.1) is 0 Å². The van der Waals surface area contributed by atoms with Crippen LogP contribution >= 0.6 is 9.47 Å². The molecular formula is C13H12NO2P. The molecule has 0 fully saturated rings. The van der Waals surface area contributed by atoms with Crippen LogP contribution < -0.4 is 4.52 Å². The Morgan fingerprint density at radius 3 is 2.53 bits per heavy atom. The van der Waals surface area contributed by atoms with Crippen LogP contribution in [-0.2, 0) is 0 Å². The van der Waals surface area contributed by atoms with Gasteiger partial charge in [0.25, 0.3) is 0 Å². The number of aliphatic imine (C=N–C) groups is 1. The van der Waals surface area contributed by atoms with Crippen LogP contribution in [-0.4, -0.2) is 11.3 Å². The first kappa shape index (κ1) is 11.6. The largest absolute Gasteiger partial charge is 0.506 e. The molecule has 0 spiro atoms. The fourth-order valence-corrected chi connectivity index (χ4v) is 1.62. The lowest BCUT2D eigenvalue weighted by Crippen LogP contribution is -1.85. The first-order valence-corrected chi connectivity index (χ1v) is 5.56. The number of phenolic OH excluding ortho intramolecular Hbond substituents is 1. The molecule has 0 amide bonds. The minimum atomic E-state index is 0.160. The van der Waals surface area contributed by atoms with E-state index in [0.29, 0.717) is 5.69 Å². The highest BCUT2D eigenvalue weighted by Gasteiger charge is 1.99. The van der Waals surface area contributed by atoms with Crippen molar-refractivity contribution in [3.63, 3.8) is 0 Å². The number of hydrogen-bond acceptors (Lipinski definition) is 3. The maximum Gasteiger partial charge on any atom is 0.141 e. The molecule has 0 aliphatic heterocycles. The molecule has 0 aliphatic carbocycles. The number of para-hydroxylation sites is 3. The molecule has 0 radical (unpaired) electrons. The summed E-state index contributed by atoms with van der Waals surface area (Å²) >= 11 is 0. The van der Waals surface area contributed by atoms with Crippen LogP contribution in [0.2, 0.25) is 0 Å². The van der Waals surface area contributed by atoms with Crippen LogP contribution in [0.25, 0.3) is 0 Å². The quantitative estimate of drug-likeness (QED) is 0.665. The average Bonchev–Trinajstić information content (AvgIpc) is 2.38. The molecule has 2 rings (SSSR count). The van der Waals surface area contributed by atoms with Crippen molar-refractivity contribution >= 4 is 21.4 Å². The van der Waals surface area contributed by atoms with E-state index in [1.807, 2.05) is 30.3 Å². The summed E-state index contributed by atoms with van der Waals surface area (Å²) in [7, 11) is 2.20. The zero-order valence-corrected chi connectivity index (χ0v) is 10.2. The maximum absolute atomic E-state index is 9.57. The Balaban J connectivity index is 2.29. The number of hydrogen-bond donors (Lipinski definition) is 1. The smallest absolute Gasteiger partial charge is 0.141 e. The molecule has 3 nitrogen and oxygen atoms in total. The first-order valence-electron chi connectivity index (χ1n) is 5.09. The molecule has 0 aliphatic rings. The van der Waals surface area contributed by atoms with E-state index in [1.165, 1.54) is 0 Å². The average molecular weight is 245 g/mol. The van der Waals surface area contributed by atoms with Crippen molar-refractivity contribution in [3.05, 3.63) is 54.1 Å². The topological polar surface area (TPSA) is 41.8 Å². The molecule has 4 heteroatoms. The van der Waals surface area contributed by atoms with Gasteiger partial charge in [-0.05, 0) is 24.3 Å². The van der Waals surface area contributed by atoms with Crippen LogP contribution in [0.3, 0.4) is 0 Å². The second kappa shape index (κ2) is 5.46. The van der Waals surface area contributed by atoms with Crippen molar-refractivity contribution < 1.29 is 9.63 Å². The van der Waals surface area contributed by atoms with Crippen molar-refractivity contribution in [2.24, 2.45) is 4.99 Å². The summed E-state index contributed by atoms with van der Waals surface area (Å²) in [5.41, 5.74) is 1.39. The summed E-state index contributed by atoms with van der Waals surface area (Å²) in [5.74, 6) is 0.879. The van der Waals surface area contributed by atoms with Gasteiger partial charge in [-0.2, -0.15) is 0 Å². The van der Waals surface area contributed by atoms with Gasteiger partial charge in [0.1, 0.15) is 17.2 Å². The molecule has 0 bridgehead atoms. The first-order chi connectivity index (χ1) is 8.31. The van der Waals surface area contributed by atoms with Gasteiger partial charge in [0, 0.05) is 11.8 Å². The summed E-state index contributed by atoms with van der Waals surface area (Å²) in [6.07, 6.45) is 1.66. The minimum Gasteiger partial charge on any atom is -0.506 e. The van der Waals surface area contributed by atoms with E-state index in [0.717, 1.165) is 11.3 Å². The molecule has 0 aromatic heterocycles. The summed E-state index contributed by atoms with van der Waals surface area (Å²) < 4.78 is 5.13. The van der Waals surface area contributed by atoms with Crippen LogP contribution in [0.4, 0.5) is 5.69 Å². The lowest BCUT2D eigenvalue weighted by molar-refractivity contribution is 0.477. The van der Waals surface area contributed by atoms with Crippen LogP contribution in [0.5, 0.6) is 11.5 Å². The van der Waals surface area contributed by atoms with Crippen molar-refractivity contribution in [3.8, 4) is 11.5 Å². The molecule has 2 aromatic rings. The van der Waals surface area contributed by atoms with E-state index >= 15 is 0 Å². The molecule has 0 heterocycles. The third-order valence-electron chi connectivity index (χ3n) is 2.27. The van der Waals surface area contributed by atoms with Gasteiger partial charge in [-0.1, -0.05) is 24.3 Å². The fraction of sp³-hybridized carbons (Fsp3) is 0. The molecular weight excluding hydrogens is 233 g/mol. The SMILES string of the molecule is Oc1ccccc1N=Cc1ccccc1OP. The predicted molar refractivity (Wildman–Crippen MR) is 72.1 cm³/mol. The second-order valence-corrected chi connectivity index (χ2v) is 3.64. The summed E-state index contributed by atoms with van der Waals surface area (Å²) in [6, 6.07) is 14.5. The Morgan fingerprint density at radius 2 is 1.76 bits per heavy atom. The Bertz CT molecular complexity index is 540. The van der Waals surface area contributed by atoms with E-state index in [1.54, 1.807) is 24.4 Å². The highest BCUT2D eigenvalue weighted by Crippen LogP contribution is 2.25. The fourth-order valence-electron chi connectivity index (χ4n) is 1.41. The lowest BCUT2D eigenvalue weighted by atomic mass is 10.2. The second-order valence-electron chi connectivity index (χ2n) is 3.40. The standard InChI is InChI=1S/C13H12NO2P/c15-12-7-3-2-6-11(12)14-9-10-5-1-4-8-13(10)16-17/h1-9,15H,17H2. The molecule has 86 valence electrons.